The lowest BCUT2D eigenvalue weighted by molar-refractivity contribution is 0.102. The number of rotatable bonds is 5. The average molecular weight is 321 g/mol. The van der Waals surface area contributed by atoms with Gasteiger partial charge in [-0.1, -0.05) is 36.4 Å². The Balaban J connectivity index is 1.82. The zero-order valence-corrected chi connectivity index (χ0v) is 12.9. The van der Waals surface area contributed by atoms with E-state index in [0.29, 0.717) is 5.56 Å². The summed E-state index contributed by atoms with van der Waals surface area (Å²) >= 11 is 0. The molecule has 1 amide bonds. The summed E-state index contributed by atoms with van der Waals surface area (Å²) in [5, 5.41) is 5.68. The van der Waals surface area contributed by atoms with E-state index in [1.807, 2.05) is 36.4 Å². The summed E-state index contributed by atoms with van der Waals surface area (Å²) in [6.07, 6.45) is 0. The third-order valence-corrected chi connectivity index (χ3v) is 3.09. The molecule has 2 aromatic carbocycles. The van der Waals surface area contributed by atoms with Crippen LogP contribution in [0.25, 0.3) is 0 Å². The van der Waals surface area contributed by atoms with E-state index in [1.165, 1.54) is 7.11 Å². The van der Waals surface area contributed by atoms with Crippen molar-refractivity contribution in [2.24, 2.45) is 0 Å². The average Bonchev–Trinajstić information content (AvgIpc) is 2.63. The van der Waals surface area contributed by atoms with Crippen LogP contribution in [0.3, 0.4) is 0 Å². The second-order valence-corrected chi connectivity index (χ2v) is 4.78. The first-order chi connectivity index (χ1) is 11.7. The van der Waals surface area contributed by atoms with Crippen LogP contribution < -0.4 is 15.4 Å². The van der Waals surface area contributed by atoms with E-state index in [0.717, 1.165) is 5.69 Å². The van der Waals surface area contributed by atoms with Gasteiger partial charge >= 0.3 is 6.01 Å². The number of para-hydroxylation sites is 1. The number of hydrogen-bond donors (Lipinski definition) is 2. The van der Waals surface area contributed by atoms with Gasteiger partial charge < -0.3 is 10.1 Å². The van der Waals surface area contributed by atoms with E-state index in [4.69, 9.17) is 4.74 Å². The quantitative estimate of drug-likeness (QED) is 0.751. The van der Waals surface area contributed by atoms with Crippen LogP contribution in [-0.4, -0.2) is 28.0 Å². The van der Waals surface area contributed by atoms with Gasteiger partial charge in [-0.05, 0) is 24.3 Å². The third-order valence-electron chi connectivity index (χ3n) is 3.09. The topological polar surface area (TPSA) is 89.0 Å². The maximum Gasteiger partial charge on any atom is 0.322 e. The Bertz CT molecular complexity index is 825. The Morgan fingerprint density at radius 3 is 2.17 bits per heavy atom. The molecule has 0 bridgehead atoms. The monoisotopic (exact) mass is 321 g/mol. The molecule has 0 fully saturated rings. The van der Waals surface area contributed by atoms with Crippen LogP contribution in [0.1, 0.15) is 10.4 Å². The van der Waals surface area contributed by atoms with Crippen LogP contribution >= 0.6 is 0 Å². The number of nitrogens with zero attached hydrogens (tertiary/aromatic N) is 3. The number of carbonyl (C=O) groups excluding carboxylic acids is 1. The molecule has 1 heterocycles. The van der Waals surface area contributed by atoms with Gasteiger partial charge in [0.05, 0.1) is 7.11 Å². The summed E-state index contributed by atoms with van der Waals surface area (Å²) in [6.45, 7) is 0. The fraction of sp³-hybridized carbons (Fsp3) is 0.0588. The number of benzene rings is 2. The van der Waals surface area contributed by atoms with Gasteiger partial charge in [0.15, 0.2) is 0 Å². The minimum atomic E-state index is -0.311. The fourth-order valence-electron chi connectivity index (χ4n) is 1.97. The van der Waals surface area contributed by atoms with E-state index in [9.17, 15) is 4.79 Å². The molecule has 7 nitrogen and oxygen atoms in total. The highest BCUT2D eigenvalue weighted by Crippen LogP contribution is 2.16. The Hall–Kier alpha value is -3.48. The first kappa shape index (κ1) is 15.4. The molecule has 0 radical (unpaired) electrons. The highest BCUT2D eigenvalue weighted by molar-refractivity contribution is 6.03. The van der Waals surface area contributed by atoms with Gasteiger partial charge in [-0.2, -0.15) is 15.0 Å². The zero-order chi connectivity index (χ0) is 16.8. The van der Waals surface area contributed by atoms with Gasteiger partial charge in [-0.15, -0.1) is 0 Å². The molecule has 7 heteroatoms. The minimum absolute atomic E-state index is 0.104. The maximum atomic E-state index is 12.2. The Labute approximate surface area is 138 Å². The van der Waals surface area contributed by atoms with Crippen LogP contribution in [0.15, 0.2) is 60.7 Å². The van der Waals surface area contributed by atoms with Crippen molar-refractivity contribution in [2.75, 3.05) is 17.7 Å². The lowest BCUT2D eigenvalue weighted by atomic mass is 10.2. The fourth-order valence-corrected chi connectivity index (χ4v) is 1.97. The number of methoxy groups -OCH3 is 1. The van der Waals surface area contributed by atoms with E-state index in [-0.39, 0.29) is 23.8 Å². The second-order valence-electron chi connectivity index (χ2n) is 4.78. The van der Waals surface area contributed by atoms with E-state index in [1.54, 1.807) is 24.3 Å². The predicted octanol–water partition coefficient (Wildman–Crippen LogP) is 2.88. The molecule has 0 saturated heterocycles. The van der Waals surface area contributed by atoms with Crippen molar-refractivity contribution in [1.82, 2.24) is 15.0 Å². The van der Waals surface area contributed by atoms with Crippen LogP contribution in [0.4, 0.5) is 17.6 Å². The molecule has 0 aliphatic heterocycles. The van der Waals surface area contributed by atoms with Gasteiger partial charge in [-0.25, -0.2) is 0 Å². The Morgan fingerprint density at radius 1 is 0.875 bits per heavy atom. The van der Waals surface area contributed by atoms with Crippen molar-refractivity contribution in [3.05, 3.63) is 66.2 Å². The van der Waals surface area contributed by atoms with Crippen molar-refractivity contribution >= 4 is 23.5 Å². The van der Waals surface area contributed by atoms with Crippen LogP contribution in [0.2, 0.25) is 0 Å². The molecule has 0 saturated carbocycles. The van der Waals surface area contributed by atoms with Crippen LogP contribution in [-0.2, 0) is 0 Å². The van der Waals surface area contributed by atoms with Gasteiger partial charge in [0.1, 0.15) is 0 Å². The molecule has 2 N–H and O–H groups in total. The number of aromatic nitrogens is 3. The predicted molar refractivity (Wildman–Crippen MR) is 90.5 cm³/mol. The largest absolute Gasteiger partial charge is 0.467 e. The molecule has 1 aromatic heterocycles. The highest BCUT2D eigenvalue weighted by atomic mass is 16.5. The standard InChI is InChI=1S/C17H15N5O2/c1-24-17-21-15(18-13-10-6-3-7-11-13)20-16(22-17)19-14(23)12-8-4-2-5-9-12/h2-11H,1H3,(H2,18,19,20,21,22,23). The van der Waals surface area contributed by atoms with Crippen molar-refractivity contribution in [3.63, 3.8) is 0 Å². The summed E-state index contributed by atoms with van der Waals surface area (Å²) in [5.74, 6) is 0.0695. The van der Waals surface area contributed by atoms with Crippen LogP contribution in [0, 0.1) is 0 Å². The van der Waals surface area contributed by atoms with E-state index >= 15 is 0 Å². The van der Waals surface area contributed by atoms with Crippen molar-refractivity contribution in [1.29, 1.82) is 0 Å². The van der Waals surface area contributed by atoms with Crippen molar-refractivity contribution < 1.29 is 9.53 Å². The number of amides is 1. The van der Waals surface area contributed by atoms with Gasteiger partial charge in [-0.3, -0.25) is 10.1 Å². The smallest absolute Gasteiger partial charge is 0.322 e. The molecule has 0 atom stereocenters. The van der Waals surface area contributed by atoms with Gasteiger partial charge in [0, 0.05) is 11.3 Å². The molecule has 3 rings (SSSR count). The number of hydrogen-bond acceptors (Lipinski definition) is 6. The lowest BCUT2D eigenvalue weighted by Gasteiger charge is -2.09. The summed E-state index contributed by atoms with van der Waals surface area (Å²) < 4.78 is 5.07. The molecule has 0 unspecified atom stereocenters. The van der Waals surface area contributed by atoms with E-state index in [2.05, 4.69) is 25.6 Å². The third kappa shape index (κ3) is 3.83. The summed E-state index contributed by atoms with van der Waals surface area (Å²) in [6, 6.07) is 18.3. The summed E-state index contributed by atoms with van der Waals surface area (Å²) in [7, 11) is 1.45. The molecule has 120 valence electrons. The SMILES string of the molecule is COc1nc(NC(=O)c2ccccc2)nc(Nc2ccccc2)n1. The second kappa shape index (κ2) is 7.19. The first-order valence-corrected chi connectivity index (χ1v) is 7.23. The normalized spacial score (nSPS) is 10.0. The molecular formula is C17H15N5O2. The molecule has 0 aliphatic rings. The van der Waals surface area contributed by atoms with Crippen molar-refractivity contribution in [2.45, 2.75) is 0 Å². The molecule has 0 aliphatic carbocycles. The first-order valence-electron chi connectivity index (χ1n) is 7.23. The zero-order valence-electron chi connectivity index (χ0n) is 12.9. The van der Waals surface area contributed by atoms with E-state index < -0.39 is 0 Å². The highest BCUT2D eigenvalue weighted by Gasteiger charge is 2.11. The number of nitrogens with one attached hydrogen (secondary N) is 2. The lowest BCUT2D eigenvalue weighted by Crippen LogP contribution is -2.15. The Morgan fingerprint density at radius 2 is 1.50 bits per heavy atom. The number of ether oxygens (including phenoxy) is 1. The Kier molecular flexibility index (Phi) is 4.62. The summed E-state index contributed by atoms with van der Waals surface area (Å²) in [4.78, 5) is 24.6. The molecule has 3 aromatic rings. The number of anilines is 3. The maximum absolute atomic E-state index is 12.2. The molecule has 24 heavy (non-hydrogen) atoms. The molecular weight excluding hydrogens is 306 g/mol. The minimum Gasteiger partial charge on any atom is -0.467 e. The van der Waals surface area contributed by atoms with Crippen LogP contribution in [0.5, 0.6) is 6.01 Å². The number of carbonyl (C=O) groups is 1. The van der Waals surface area contributed by atoms with Gasteiger partial charge in [0.2, 0.25) is 11.9 Å². The van der Waals surface area contributed by atoms with Crippen molar-refractivity contribution in [3.8, 4) is 6.01 Å². The molecule has 0 spiro atoms. The van der Waals surface area contributed by atoms with Gasteiger partial charge in [0.25, 0.3) is 5.91 Å². The summed E-state index contributed by atoms with van der Waals surface area (Å²) in [5.41, 5.74) is 1.32.